The Balaban J connectivity index is 0.000000141. The zero-order chi connectivity index (χ0) is 94.4. The van der Waals surface area contributed by atoms with Gasteiger partial charge in [0.05, 0.1) is 34.7 Å². The van der Waals surface area contributed by atoms with Gasteiger partial charge in [0.25, 0.3) is 0 Å². The minimum Gasteiger partial charge on any atom is -0.500 e. The van der Waals surface area contributed by atoms with Crippen molar-refractivity contribution in [2.75, 3.05) is 0 Å². The van der Waals surface area contributed by atoms with Crippen LogP contribution in [-0.2, 0) is 101 Å². The molecule has 715 valence electrons. The van der Waals surface area contributed by atoms with Gasteiger partial charge in [0.2, 0.25) is 0 Å². The van der Waals surface area contributed by atoms with Crippen LogP contribution in [0.5, 0.6) is 0 Å². The smallest absolute Gasteiger partial charge is 0.120 e. The van der Waals surface area contributed by atoms with Crippen LogP contribution >= 0.6 is 0 Å². The van der Waals surface area contributed by atoms with E-state index in [4.69, 9.17) is 14.4 Å². The molecule has 8 aromatic heterocycles. The molecular weight excluding hydrogens is 2630 g/mol. The molecule has 0 saturated carbocycles. The molecule has 0 aliphatic carbocycles. The number of benzene rings is 15. The number of fused-ring (bicyclic) bond motifs is 9. The van der Waals surface area contributed by atoms with E-state index >= 15 is 0 Å². The van der Waals surface area contributed by atoms with Crippen molar-refractivity contribution in [3.63, 3.8) is 0 Å². The second-order valence-electron chi connectivity index (χ2n) is 35.9. The number of halogens is 1. The third-order valence-corrected chi connectivity index (χ3v) is 25.3. The van der Waals surface area contributed by atoms with Gasteiger partial charge in [0, 0.05) is 225 Å². The Hall–Kier alpha value is -13.1. The fourth-order valence-corrected chi connectivity index (χ4v) is 20.1. The molecule has 0 bridgehead atoms. The molecular formula is C122H104FIr5N12O-5. The molecule has 23 aromatic rings. The molecule has 0 aliphatic rings. The van der Waals surface area contributed by atoms with Gasteiger partial charge >= 0.3 is 0 Å². The summed E-state index contributed by atoms with van der Waals surface area (Å²) in [7, 11) is 0. The third-order valence-electron chi connectivity index (χ3n) is 25.3. The Labute approximate surface area is 891 Å². The first-order valence-corrected chi connectivity index (χ1v) is 46.0. The summed E-state index contributed by atoms with van der Waals surface area (Å²) in [5, 5.41) is 7.07. The van der Waals surface area contributed by atoms with Gasteiger partial charge < -0.3 is 36.4 Å². The van der Waals surface area contributed by atoms with E-state index in [0.717, 1.165) is 101 Å². The molecule has 0 unspecified atom stereocenters. The standard InChI is InChI=1S/C31H26N3.C30H24N3.C24H19N2O.C19H19N2.C18H16FN2.5Ir/c1-20-8-7-9-25(18-20)34-28-11-6-5-10-26(28)27-19-24(12-13-29(27)34)31-32-14-15-33(31)30-22(3)16-21(2)17-23(30)4;1-20-17-21(2)29(22(3)18-20)32-16-15-31-30(32)23-13-14-28-26(19-23)25-11-7-8-12-27(25)33(28)24-9-5-4-6-10-24;1-15-12-16(2)23(17(3)13-15)26-11-10-25-24(26)18-8-9-22-20(14-18)19-6-4-5-7-21(19)27-22;1-13-5-7-17(8-6-13)19-20-9-10-21(19)18-15(3)11-14(2)12-16(18)4;1-12-10-13(2)17(14(3)11-12)21-9-8-20-18(21)15-4-6-16(19)7-5-15;;;;;/h5-11,13-19H,1-4H3;4-12,14-19H,1-3H3;4-7,9-14H,1-3H3;5-7,9-12H,1-4H3;4,6-11H,1-3H3;;;;;/q5*-1;;;;;. The van der Waals surface area contributed by atoms with Crippen LogP contribution in [0.2, 0.25) is 0 Å². The summed E-state index contributed by atoms with van der Waals surface area (Å²) in [6.45, 7) is 36.3. The van der Waals surface area contributed by atoms with E-state index in [9.17, 15) is 4.39 Å². The predicted molar refractivity (Wildman–Crippen MR) is 556 cm³/mol. The van der Waals surface area contributed by atoms with Crippen LogP contribution in [0.1, 0.15) is 94.6 Å². The van der Waals surface area contributed by atoms with Gasteiger partial charge in [-0.2, -0.15) is 0 Å². The molecule has 0 aliphatic heterocycles. The number of aromatic nitrogens is 12. The van der Waals surface area contributed by atoms with E-state index in [0.29, 0.717) is 0 Å². The minimum atomic E-state index is -0.292. The third kappa shape index (κ3) is 21.0. The van der Waals surface area contributed by atoms with Crippen molar-refractivity contribution in [3.05, 3.63) is 454 Å². The van der Waals surface area contributed by atoms with Crippen molar-refractivity contribution in [1.29, 1.82) is 0 Å². The summed E-state index contributed by atoms with van der Waals surface area (Å²) in [5.41, 5.74) is 40.5. The molecule has 0 atom stereocenters. The molecule has 13 nitrogen and oxygen atoms in total. The second kappa shape index (κ2) is 44.4. The van der Waals surface area contributed by atoms with Crippen LogP contribution in [0.4, 0.5) is 4.39 Å². The van der Waals surface area contributed by atoms with E-state index in [-0.39, 0.29) is 106 Å². The molecule has 0 spiro atoms. The topological polar surface area (TPSA) is 112 Å². The number of nitrogens with zero attached hydrogens (tertiary/aromatic N) is 12. The van der Waals surface area contributed by atoms with Crippen molar-refractivity contribution >= 4 is 65.6 Å². The van der Waals surface area contributed by atoms with Crippen LogP contribution in [0, 0.1) is 154 Å². The normalized spacial score (nSPS) is 10.9. The largest absolute Gasteiger partial charge is 0.500 e. The van der Waals surface area contributed by atoms with Gasteiger partial charge in [-0.3, -0.25) is 29.3 Å². The van der Waals surface area contributed by atoms with Crippen LogP contribution in [0.25, 0.3) is 162 Å². The van der Waals surface area contributed by atoms with Gasteiger partial charge in [-0.1, -0.05) is 196 Å². The molecule has 23 rings (SSSR count). The van der Waals surface area contributed by atoms with E-state index in [1.54, 1.807) is 12.3 Å². The fraction of sp³-hybridized carbons (Fsp3) is 0.139. The summed E-state index contributed by atoms with van der Waals surface area (Å²) in [6, 6.07) is 107. The maximum Gasteiger partial charge on any atom is 0.120 e. The number of furan rings is 1. The Morgan fingerprint density at radius 1 is 0.227 bits per heavy atom. The summed E-state index contributed by atoms with van der Waals surface area (Å²) < 4.78 is 34.4. The Bertz CT molecular complexity index is 8220. The van der Waals surface area contributed by atoms with Crippen molar-refractivity contribution in [1.82, 2.24) is 56.9 Å². The van der Waals surface area contributed by atoms with Gasteiger partial charge in [-0.25, -0.2) is 0 Å². The Kier molecular flexibility index (Phi) is 32.7. The SMILES string of the molecule is Cc1c[c-]c(-c2nccn2-c2c(C)cc(C)cc2C)cc1.Cc1cc(C)c(-n2ccnc2-c2[c-]cc(F)cc2)c(C)c1.Cc1cc(C)c(-n2ccnc2-c2[c-]cc3c(c2)c2ccccc2n3-c2ccccc2)c(C)c1.Cc1cc(C)c(-n2ccnc2-c2[c-]cc3oc4ccccc4c3c2)c(C)c1.Cc1cccc(-n2c3c[c-]c(-c4nccn4-c4c(C)cc(C)cc4C)cc3c3ccccc32)c1.[Ir].[Ir].[Ir].[Ir].[Ir]. The Morgan fingerprint density at radius 3 is 0.901 bits per heavy atom. The summed E-state index contributed by atoms with van der Waals surface area (Å²) in [5.74, 6) is 4.11. The molecule has 0 N–H and O–H groups in total. The average molecular weight is 2730 g/mol. The second-order valence-corrected chi connectivity index (χ2v) is 35.9. The van der Waals surface area contributed by atoms with Crippen molar-refractivity contribution in [3.8, 4) is 96.8 Å². The maximum absolute atomic E-state index is 13.1. The van der Waals surface area contributed by atoms with Crippen LogP contribution in [0.15, 0.2) is 327 Å². The zero-order valence-corrected chi connectivity index (χ0v) is 93.4. The van der Waals surface area contributed by atoms with E-state index in [1.165, 1.54) is 168 Å². The summed E-state index contributed by atoms with van der Waals surface area (Å²) >= 11 is 0. The number of rotatable bonds is 12. The number of hydrogen-bond donors (Lipinski definition) is 0. The van der Waals surface area contributed by atoms with Crippen molar-refractivity contribution in [2.24, 2.45) is 0 Å². The number of para-hydroxylation sites is 4. The maximum atomic E-state index is 13.1. The minimum absolute atomic E-state index is 0. The summed E-state index contributed by atoms with van der Waals surface area (Å²) in [4.78, 5) is 23.1. The predicted octanol–water partition coefficient (Wildman–Crippen LogP) is 30.2. The van der Waals surface area contributed by atoms with Gasteiger partial charge in [0.1, 0.15) is 5.58 Å². The fourth-order valence-electron chi connectivity index (χ4n) is 20.1. The first-order chi connectivity index (χ1) is 65.9. The van der Waals surface area contributed by atoms with E-state index < -0.39 is 0 Å². The monoisotopic (exact) mass is 2740 g/mol. The molecule has 0 fully saturated rings. The first kappa shape index (κ1) is 104. The number of aryl methyl sites for hydroxylation is 17. The molecule has 8 heterocycles. The van der Waals surface area contributed by atoms with Gasteiger partial charge in [-0.15, -0.1) is 137 Å². The molecule has 19 heteroatoms. The van der Waals surface area contributed by atoms with E-state index in [1.807, 2.05) is 90.7 Å². The molecule has 5 radical (unpaired) electrons. The average Bonchev–Trinajstić information content (AvgIpc) is 1.59. The van der Waals surface area contributed by atoms with Crippen molar-refractivity contribution in [2.45, 2.75) is 118 Å². The van der Waals surface area contributed by atoms with Crippen molar-refractivity contribution < 1.29 is 109 Å². The molecule has 0 amide bonds. The molecule has 0 saturated heterocycles. The number of imidazole rings is 5. The summed E-state index contributed by atoms with van der Waals surface area (Å²) in [6.07, 6.45) is 19.3. The van der Waals surface area contributed by atoms with Crippen LogP contribution < -0.4 is 0 Å². The molecule has 141 heavy (non-hydrogen) atoms. The van der Waals surface area contributed by atoms with Crippen LogP contribution in [-0.4, -0.2) is 56.9 Å². The molecule has 15 aromatic carbocycles. The number of hydrogen-bond acceptors (Lipinski definition) is 6. The Morgan fingerprint density at radius 2 is 0.539 bits per heavy atom. The van der Waals surface area contributed by atoms with Crippen LogP contribution in [0.3, 0.4) is 0 Å². The van der Waals surface area contributed by atoms with Gasteiger partial charge in [-0.05, 0) is 236 Å². The zero-order valence-electron chi connectivity index (χ0n) is 81.4. The van der Waals surface area contributed by atoms with E-state index in [2.05, 4.69) is 403 Å². The van der Waals surface area contributed by atoms with Gasteiger partial charge in [0.15, 0.2) is 0 Å². The quantitative estimate of drug-likeness (QED) is 0.113. The first-order valence-electron chi connectivity index (χ1n) is 46.0.